The van der Waals surface area contributed by atoms with E-state index in [1.54, 1.807) is 6.07 Å². The summed E-state index contributed by atoms with van der Waals surface area (Å²) in [5, 5.41) is 0.122. The molecule has 9 heteroatoms. The first kappa shape index (κ1) is 17.1. The van der Waals surface area contributed by atoms with Gasteiger partial charge in [0.05, 0.1) is 21.3 Å². The second-order valence-corrected chi connectivity index (χ2v) is 7.62. The largest absolute Gasteiger partial charge is 0.366 e. The Bertz CT molecular complexity index is 856. The van der Waals surface area contributed by atoms with E-state index in [0.29, 0.717) is 4.47 Å². The van der Waals surface area contributed by atoms with E-state index in [2.05, 4.69) is 20.7 Å². The van der Waals surface area contributed by atoms with Crippen molar-refractivity contribution in [2.75, 3.05) is 4.72 Å². The number of carbonyl (C=O) groups is 1. The summed E-state index contributed by atoms with van der Waals surface area (Å²) in [5.41, 5.74) is 5.42. The summed E-state index contributed by atoms with van der Waals surface area (Å²) in [6.45, 7) is 0. The van der Waals surface area contributed by atoms with Crippen LogP contribution in [0.1, 0.15) is 10.4 Å². The zero-order chi connectivity index (χ0) is 16.5. The number of rotatable bonds is 4. The lowest BCUT2D eigenvalue weighted by molar-refractivity contribution is 0.100. The Kier molecular flexibility index (Phi) is 5.01. The van der Waals surface area contributed by atoms with Gasteiger partial charge in [-0.15, -0.1) is 0 Å². The quantitative estimate of drug-likeness (QED) is 0.786. The molecule has 0 fully saturated rings. The Hall–Kier alpha value is -1.28. The zero-order valence-electron chi connectivity index (χ0n) is 10.8. The summed E-state index contributed by atoms with van der Waals surface area (Å²) in [7, 11) is -3.89. The number of nitrogens with two attached hydrogens (primary N) is 1. The molecule has 2 rings (SSSR count). The van der Waals surface area contributed by atoms with E-state index in [1.165, 1.54) is 30.3 Å². The van der Waals surface area contributed by atoms with Crippen LogP contribution in [-0.2, 0) is 10.0 Å². The van der Waals surface area contributed by atoms with E-state index in [-0.39, 0.29) is 26.2 Å². The van der Waals surface area contributed by atoms with Crippen molar-refractivity contribution in [2.24, 2.45) is 5.73 Å². The summed E-state index contributed by atoms with van der Waals surface area (Å²) in [4.78, 5) is 11.0. The van der Waals surface area contributed by atoms with Gasteiger partial charge in [-0.25, -0.2) is 8.42 Å². The molecule has 0 aliphatic carbocycles. The summed E-state index contributed by atoms with van der Waals surface area (Å²) < 4.78 is 27.6. The predicted octanol–water partition coefficient (Wildman–Crippen LogP) is 3.66. The minimum absolute atomic E-state index is 0.0506. The van der Waals surface area contributed by atoms with Crippen molar-refractivity contribution in [3.63, 3.8) is 0 Å². The van der Waals surface area contributed by atoms with Crippen LogP contribution in [0, 0.1) is 0 Å². The second kappa shape index (κ2) is 6.45. The SMILES string of the molecule is NC(=O)c1ccc(NS(=O)(=O)c2ccc(Br)cc2Cl)cc1Cl. The third kappa shape index (κ3) is 3.73. The fourth-order valence-electron chi connectivity index (χ4n) is 1.68. The van der Waals surface area contributed by atoms with Crippen LogP contribution in [0.3, 0.4) is 0 Å². The minimum atomic E-state index is -3.89. The van der Waals surface area contributed by atoms with Gasteiger partial charge in [-0.1, -0.05) is 39.1 Å². The van der Waals surface area contributed by atoms with Crippen molar-refractivity contribution in [3.8, 4) is 0 Å². The average molecular weight is 424 g/mol. The third-order valence-electron chi connectivity index (χ3n) is 2.67. The van der Waals surface area contributed by atoms with E-state index in [9.17, 15) is 13.2 Å². The smallest absolute Gasteiger partial charge is 0.263 e. The molecule has 0 saturated carbocycles. The molecular formula is C13H9BrCl2N2O3S. The first-order chi connectivity index (χ1) is 10.2. The van der Waals surface area contributed by atoms with Gasteiger partial charge in [-0.2, -0.15) is 0 Å². The maximum Gasteiger partial charge on any atom is 0.263 e. The Morgan fingerprint density at radius 1 is 1.09 bits per heavy atom. The highest BCUT2D eigenvalue weighted by molar-refractivity contribution is 9.10. The monoisotopic (exact) mass is 422 g/mol. The summed E-state index contributed by atoms with van der Waals surface area (Å²) in [5.74, 6) is -0.699. The number of primary amides is 1. The summed E-state index contributed by atoms with van der Waals surface area (Å²) >= 11 is 15.0. The van der Waals surface area contributed by atoms with Gasteiger partial charge in [0.2, 0.25) is 5.91 Å². The van der Waals surface area contributed by atoms with Gasteiger partial charge in [0, 0.05) is 4.47 Å². The highest BCUT2D eigenvalue weighted by Gasteiger charge is 2.19. The van der Waals surface area contributed by atoms with Gasteiger partial charge in [0.1, 0.15) is 4.90 Å². The van der Waals surface area contributed by atoms with Crippen LogP contribution < -0.4 is 10.5 Å². The molecular weight excluding hydrogens is 415 g/mol. The maximum absolute atomic E-state index is 12.3. The molecule has 0 bridgehead atoms. The van der Waals surface area contributed by atoms with E-state index in [4.69, 9.17) is 28.9 Å². The Labute approximate surface area is 145 Å². The molecule has 5 nitrogen and oxygen atoms in total. The standard InChI is InChI=1S/C13H9BrCl2N2O3S/c14-7-1-4-12(11(16)5-7)22(20,21)18-8-2-3-9(13(17)19)10(15)6-8/h1-6,18H,(H2,17,19). The number of anilines is 1. The molecule has 0 aliphatic heterocycles. The molecule has 2 aromatic rings. The zero-order valence-corrected chi connectivity index (χ0v) is 14.7. The molecule has 3 N–H and O–H groups in total. The molecule has 0 atom stereocenters. The van der Waals surface area contributed by atoms with Crippen LogP contribution in [0.4, 0.5) is 5.69 Å². The molecule has 0 saturated heterocycles. The van der Waals surface area contributed by atoms with Crippen molar-refractivity contribution in [1.29, 1.82) is 0 Å². The van der Waals surface area contributed by atoms with Gasteiger partial charge >= 0.3 is 0 Å². The number of hydrogen-bond acceptors (Lipinski definition) is 3. The lowest BCUT2D eigenvalue weighted by Crippen LogP contribution is -2.15. The molecule has 0 unspecified atom stereocenters. The molecule has 0 radical (unpaired) electrons. The number of hydrogen-bond donors (Lipinski definition) is 2. The van der Waals surface area contributed by atoms with E-state index in [0.717, 1.165) is 0 Å². The number of amides is 1. The number of benzene rings is 2. The van der Waals surface area contributed by atoms with Crippen molar-refractivity contribution < 1.29 is 13.2 Å². The summed E-state index contributed by atoms with van der Waals surface area (Å²) in [6.07, 6.45) is 0. The average Bonchev–Trinajstić information content (AvgIpc) is 2.37. The number of carbonyl (C=O) groups excluding carboxylic acids is 1. The lowest BCUT2D eigenvalue weighted by atomic mass is 10.2. The van der Waals surface area contributed by atoms with Gasteiger partial charge in [0.15, 0.2) is 0 Å². The van der Waals surface area contributed by atoms with Crippen LogP contribution in [0.15, 0.2) is 45.8 Å². The van der Waals surface area contributed by atoms with Gasteiger partial charge in [-0.3, -0.25) is 9.52 Å². The van der Waals surface area contributed by atoms with Gasteiger partial charge in [-0.05, 0) is 36.4 Å². The van der Waals surface area contributed by atoms with Crippen molar-refractivity contribution in [2.45, 2.75) is 4.90 Å². The molecule has 0 aliphatic rings. The third-order valence-corrected chi connectivity index (χ3v) is 5.34. The van der Waals surface area contributed by atoms with E-state index < -0.39 is 15.9 Å². The number of halogens is 3. The van der Waals surface area contributed by atoms with Crippen LogP contribution in [0.5, 0.6) is 0 Å². The Morgan fingerprint density at radius 2 is 1.77 bits per heavy atom. The van der Waals surface area contributed by atoms with Crippen LogP contribution in [0.25, 0.3) is 0 Å². The number of nitrogens with one attached hydrogen (secondary N) is 1. The minimum Gasteiger partial charge on any atom is -0.366 e. The molecule has 22 heavy (non-hydrogen) atoms. The molecule has 0 spiro atoms. The lowest BCUT2D eigenvalue weighted by Gasteiger charge is -2.11. The molecule has 0 aromatic heterocycles. The van der Waals surface area contributed by atoms with Gasteiger partial charge in [0.25, 0.3) is 10.0 Å². The molecule has 0 heterocycles. The normalized spacial score (nSPS) is 11.2. The maximum atomic E-state index is 12.3. The topological polar surface area (TPSA) is 89.3 Å². The Morgan fingerprint density at radius 3 is 2.32 bits per heavy atom. The first-order valence-electron chi connectivity index (χ1n) is 5.78. The van der Waals surface area contributed by atoms with Crippen LogP contribution >= 0.6 is 39.1 Å². The van der Waals surface area contributed by atoms with Crippen molar-refractivity contribution in [3.05, 3.63) is 56.5 Å². The van der Waals surface area contributed by atoms with Crippen LogP contribution in [-0.4, -0.2) is 14.3 Å². The molecule has 116 valence electrons. The Balaban J connectivity index is 2.37. The van der Waals surface area contributed by atoms with Crippen LogP contribution in [0.2, 0.25) is 10.0 Å². The predicted molar refractivity (Wildman–Crippen MR) is 89.9 cm³/mol. The fraction of sp³-hybridized carbons (Fsp3) is 0. The highest BCUT2D eigenvalue weighted by atomic mass is 79.9. The first-order valence-corrected chi connectivity index (χ1v) is 8.81. The molecule has 1 amide bonds. The van der Waals surface area contributed by atoms with Crippen molar-refractivity contribution >= 4 is 60.7 Å². The molecule has 2 aromatic carbocycles. The highest BCUT2D eigenvalue weighted by Crippen LogP contribution is 2.28. The summed E-state index contributed by atoms with van der Waals surface area (Å²) in [6, 6.07) is 8.42. The van der Waals surface area contributed by atoms with E-state index >= 15 is 0 Å². The van der Waals surface area contributed by atoms with E-state index in [1.807, 2.05) is 0 Å². The second-order valence-electron chi connectivity index (χ2n) is 4.24. The number of sulfonamides is 1. The van der Waals surface area contributed by atoms with Gasteiger partial charge < -0.3 is 5.73 Å². The fourth-order valence-corrected chi connectivity index (χ4v) is 4.04. The van der Waals surface area contributed by atoms with Crippen molar-refractivity contribution in [1.82, 2.24) is 0 Å².